The molecule has 0 atom stereocenters. The predicted octanol–water partition coefficient (Wildman–Crippen LogP) is 2.49. The van der Waals surface area contributed by atoms with Gasteiger partial charge in [-0.1, -0.05) is 52.3 Å². The minimum absolute atomic E-state index is 0.00441. The van der Waals surface area contributed by atoms with Crippen LogP contribution in [0, 0.1) is 0 Å². The fourth-order valence-corrected chi connectivity index (χ4v) is 3.80. The van der Waals surface area contributed by atoms with Crippen molar-refractivity contribution in [3.8, 4) is 0 Å². The number of hydrogen-bond donors (Lipinski definition) is 2. The van der Waals surface area contributed by atoms with Crippen molar-refractivity contribution in [3.05, 3.63) is 69.2 Å². The van der Waals surface area contributed by atoms with Crippen LogP contribution in [-0.4, -0.2) is 21.0 Å². The molecule has 1 aliphatic heterocycles. The molecule has 0 saturated carbocycles. The zero-order valence-corrected chi connectivity index (χ0v) is 15.7. The molecule has 2 N–H and O–H groups in total. The molecule has 0 saturated heterocycles. The summed E-state index contributed by atoms with van der Waals surface area (Å²) >= 11 is 3.47. The van der Waals surface area contributed by atoms with Crippen LogP contribution in [0.15, 0.2) is 46.9 Å². The number of rotatable bonds is 5. The van der Waals surface area contributed by atoms with Crippen molar-refractivity contribution < 1.29 is 17.9 Å². The summed E-state index contributed by atoms with van der Waals surface area (Å²) in [6.07, 6.45) is 0. The van der Waals surface area contributed by atoms with Gasteiger partial charge in [0.1, 0.15) is 17.3 Å². The minimum Gasteiger partial charge on any atom is -0.457 e. The summed E-state index contributed by atoms with van der Waals surface area (Å²) in [7, 11) is -2.46. The van der Waals surface area contributed by atoms with E-state index in [4.69, 9.17) is 10.5 Å². The van der Waals surface area contributed by atoms with Gasteiger partial charge in [0.2, 0.25) is 0 Å². The Bertz CT molecular complexity index is 925. The lowest BCUT2D eigenvalue weighted by atomic mass is 9.95. The topological polar surface area (TPSA) is 86.5 Å². The highest BCUT2D eigenvalue weighted by atomic mass is 79.9. The van der Waals surface area contributed by atoms with E-state index < -0.39 is 10.7 Å². The standard InChI is InChI=1S/C18H16BrNO4S/c19-16-7-13(5-6-14(16)8-20)17-15(9-24-18(17)21)12-3-1-11(2-4-12)10-25(22)23/h1-7,25H,8-10,20H2. The summed E-state index contributed by atoms with van der Waals surface area (Å²) in [6, 6.07) is 12.7. The number of ether oxygens (including phenoxy) is 1. The van der Waals surface area contributed by atoms with Gasteiger partial charge in [0, 0.05) is 16.6 Å². The quantitative estimate of drug-likeness (QED) is 0.571. The number of benzene rings is 2. The van der Waals surface area contributed by atoms with Crippen LogP contribution in [-0.2, 0) is 32.5 Å². The Hall–Kier alpha value is -1.96. The summed E-state index contributed by atoms with van der Waals surface area (Å²) in [5.41, 5.74) is 10.2. The predicted molar refractivity (Wildman–Crippen MR) is 100 cm³/mol. The van der Waals surface area contributed by atoms with Crippen molar-refractivity contribution >= 4 is 43.7 Å². The summed E-state index contributed by atoms with van der Waals surface area (Å²) in [5, 5.41) is 0. The third-order valence-corrected chi connectivity index (χ3v) is 5.39. The van der Waals surface area contributed by atoms with Crippen LogP contribution in [0.5, 0.6) is 0 Å². The monoisotopic (exact) mass is 421 g/mol. The summed E-state index contributed by atoms with van der Waals surface area (Å²) < 4.78 is 27.7. The molecule has 7 heteroatoms. The first-order valence-corrected chi connectivity index (χ1v) is 9.75. The lowest BCUT2D eigenvalue weighted by Crippen LogP contribution is -2.01. The number of cyclic esters (lactones) is 1. The van der Waals surface area contributed by atoms with E-state index >= 15 is 0 Å². The van der Waals surface area contributed by atoms with Gasteiger partial charge < -0.3 is 10.5 Å². The van der Waals surface area contributed by atoms with E-state index in [2.05, 4.69) is 15.9 Å². The molecule has 0 unspecified atom stereocenters. The van der Waals surface area contributed by atoms with Crippen molar-refractivity contribution in [1.82, 2.24) is 0 Å². The van der Waals surface area contributed by atoms with Crippen LogP contribution in [0.2, 0.25) is 0 Å². The molecule has 2 aromatic carbocycles. The maximum Gasteiger partial charge on any atom is 0.339 e. The molecule has 2 aromatic rings. The van der Waals surface area contributed by atoms with Crippen LogP contribution in [0.3, 0.4) is 0 Å². The van der Waals surface area contributed by atoms with Gasteiger partial charge in [-0.15, -0.1) is 0 Å². The van der Waals surface area contributed by atoms with Crippen LogP contribution >= 0.6 is 15.9 Å². The molecule has 25 heavy (non-hydrogen) atoms. The van der Waals surface area contributed by atoms with Crippen molar-refractivity contribution in [1.29, 1.82) is 0 Å². The Labute approximate surface area is 155 Å². The number of halogens is 1. The van der Waals surface area contributed by atoms with Gasteiger partial charge in [0.05, 0.1) is 11.3 Å². The molecule has 3 rings (SSSR count). The fourth-order valence-electron chi connectivity index (χ4n) is 2.75. The van der Waals surface area contributed by atoms with Crippen molar-refractivity contribution in [2.24, 2.45) is 5.73 Å². The molecule has 0 bridgehead atoms. The molecular formula is C18H16BrNO4S. The molecule has 1 aliphatic rings. The highest BCUT2D eigenvalue weighted by molar-refractivity contribution is 9.10. The average molecular weight is 422 g/mol. The fraction of sp³-hybridized carbons (Fsp3) is 0.167. The first-order valence-electron chi connectivity index (χ1n) is 7.60. The first kappa shape index (κ1) is 17.8. The lowest BCUT2D eigenvalue weighted by molar-refractivity contribution is -0.133. The van der Waals surface area contributed by atoms with E-state index in [1.165, 1.54) is 0 Å². The van der Waals surface area contributed by atoms with Crippen LogP contribution < -0.4 is 5.73 Å². The van der Waals surface area contributed by atoms with E-state index in [0.29, 0.717) is 17.7 Å². The van der Waals surface area contributed by atoms with E-state index in [9.17, 15) is 13.2 Å². The van der Waals surface area contributed by atoms with Crippen LogP contribution in [0.1, 0.15) is 22.3 Å². The average Bonchev–Trinajstić information content (AvgIpc) is 2.96. The highest BCUT2D eigenvalue weighted by Crippen LogP contribution is 2.34. The smallest absolute Gasteiger partial charge is 0.339 e. The third kappa shape index (κ3) is 3.84. The molecule has 0 spiro atoms. The van der Waals surface area contributed by atoms with Gasteiger partial charge in [0.15, 0.2) is 0 Å². The zero-order chi connectivity index (χ0) is 18.0. The second-order valence-corrected chi connectivity index (χ2v) is 7.46. The third-order valence-electron chi connectivity index (χ3n) is 4.03. The van der Waals surface area contributed by atoms with Crippen LogP contribution in [0.25, 0.3) is 11.1 Å². The second-order valence-electron chi connectivity index (χ2n) is 5.63. The number of hydrogen-bond acceptors (Lipinski definition) is 5. The number of thiol groups is 1. The molecule has 5 nitrogen and oxygen atoms in total. The normalized spacial score (nSPS) is 14.3. The Balaban J connectivity index is 2.03. The molecule has 0 amide bonds. The van der Waals surface area contributed by atoms with E-state index in [0.717, 1.165) is 26.7 Å². The maximum absolute atomic E-state index is 12.2. The van der Waals surface area contributed by atoms with Gasteiger partial charge in [0.25, 0.3) is 0 Å². The Morgan fingerprint density at radius 3 is 2.36 bits per heavy atom. The van der Waals surface area contributed by atoms with Crippen LogP contribution in [0.4, 0.5) is 0 Å². The first-order chi connectivity index (χ1) is 12.0. The van der Waals surface area contributed by atoms with Gasteiger partial charge in [-0.2, -0.15) is 0 Å². The summed E-state index contributed by atoms with van der Waals surface area (Å²) in [4.78, 5) is 12.2. The maximum atomic E-state index is 12.2. The molecule has 0 aliphatic carbocycles. The number of nitrogens with two attached hydrogens (primary N) is 1. The molecule has 130 valence electrons. The highest BCUT2D eigenvalue weighted by Gasteiger charge is 2.27. The number of esters is 1. The Morgan fingerprint density at radius 1 is 1.08 bits per heavy atom. The zero-order valence-electron chi connectivity index (χ0n) is 13.2. The minimum atomic E-state index is -2.46. The van der Waals surface area contributed by atoms with E-state index in [1.807, 2.05) is 30.3 Å². The summed E-state index contributed by atoms with van der Waals surface area (Å²) in [5.74, 6) is -0.362. The second kappa shape index (κ2) is 7.51. The molecule has 0 radical (unpaired) electrons. The largest absolute Gasteiger partial charge is 0.457 e. The Morgan fingerprint density at radius 2 is 1.76 bits per heavy atom. The molecular weight excluding hydrogens is 406 g/mol. The SMILES string of the molecule is NCc1ccc(C2=C(c3ccc(C[SH](=O)=O)cc3)COC2=O)cc1Br. The van der Waals surface area contributed by atoms with E-state index in [-0.39, 0.29) is 18.3 Å². The van der Waals surface area contributed by atoms with Gasteiger partial charge in [-0.25, -0.2) is 13.2 Å². The molecule has 0 aromatic heterocycles. The molecule has 0 fully saturated rings. The van der Waals surface area contributed by atoms with Crippen molar-refractivity contribution in [2.75, 3.05) is 6.61 Å². The lowest BCUT2D eigenvalue weighted by Gasteiger charge is -2.08. The number of carbonyl (C=O) groups excluding carboxylic acids is 1. The van der Waals surface area contributed by atoms with E-state index in [1.54, 1.807) is 12.1 Å². The molecule has 1 heterocycles. The van der Waals surface area contributed by atoms with Crippen molar-refractivity contribution in [2.45, 2.75) is 12.3 Å². The Kier molecular flexibility index (Phi) is 5.36. The van der Waals surface area contributed by atoms with Gasteiger partial charge in [-0.05, 0) is 28.3 Å². The van der Waals surface area contributed by atoms with Gasteiger partial charge in [-0.3, -0.25) is 0 Å². The van der Waals surface area contributed by atoms with Crippen molar-refractivity contribution in [3.63, 3.8) is 0 Å². The number of carbonyl (C=O) groups is 1. The summed E-state index contributed by atoms with van der Waals surface area (Å²) in [6.45, 7) is 0.597. The van der Waals surface area contributed by atoms with Gasteiger partial charge >= 0.3 is 5.97 Å².